The lowest BCUT2D eigenvalue weighted by Gasteiger charge is -2.14. The Balaban J connectivity index is 2.27. The van der Waals surface area contributed by atoms with E-state index in [2.05, 4.69) is 15.5 Å². The second kappa shape index (κ2) is 13.9. The molecular formula is C19H26N3O8S+. The van der Waals surface area contributed by atoms with Crippen molar-refractivity contribution in [3.63, 3.8) is 0 Å². The molecule has 0 aliphatic heterocycles. The Labute approximate surface area is 182 Å². The van der Waals surface area contributed by atoms with Crippen molar-refractivity contribution in [3.8, 4) is 0 Å². The van der Waals surface area contributed by atoms with Gasteiger partial charge in [-0.15, -0.1) is 5.48 Å². The number of hydroxylamine groups is 1. The van der Waals surface area contributed by atoms with Crippen LogP contribution in [0, 0.1) is 0 Å². The molecule has 3 amide bonds. The number of rotatable bonds is 11. The second-order valence-electron chi connectivity index (χ2n) is 6.56. The summed E-state index contributed by atoms with van der Waals surface area (Å²) in [6.07, 6.45) is 2.74. The van der Waals surface area contributed by atoms with Crippen LogP contribution in [0.3, 0.4) is 0 Å². The van der Waals surface area contributed by atoms with Crippen LogP contribution >= 0.6 is 0 Å². The molecular weight excluding hydrogens is 430 g/mol. The lowest BCUT2D eigenvalue weighted by Crippen LogP contribution is -2.48. The van der Waals surface area contributed by atoms with Crippen LogP contribution in [0.25, 0.3) is 0 Å². The first-order valence-electron chi connectivity index (χ1n) is 9.16. The van der Waals surface area contributed by atoms with E-state index in [4.69, 9.17) is 9.84 Å². The molecule has 31 heavy (non-hydrogen) atoms. The van der Waals surface area contributed by atoms with Gasteiger partial charge in [0.05, 0.1) is 12.5 Å². The molecule has 0 unspecified atom stereocenters. The third-order valence-corrected chi connectivity index (χ3v) is 4.52. The zero-order chi connectivity index (χ0) is 23.2. The van der Waals surface area contributed by atoms with E-state index in [0.29, 0.717) is 5.75 Å². The number of carbonyl (C=O) groups excluding carboxylic acids is 4. The smallest absolute Gasteiger partial charge is 0.441 e. The van der Waals surface area contributed by atoms with Crippen LogP contribution in [0.15, 0.2) is 30.3 Å². The molecule has 0 heterocycles. The highest BCUT2D eigenvalue weighted by molar-refractivity contribution is 7.96. The van der Waals surface area contributed by atoms with Crippen molar-refractivity contribution in [2.45, 2.75) is 25.5 Å². The number of ether oxygens (including phenoxy) is 1. The van der Waals surface area contributed by atoms with E-state index in [0.717, 1.165) is 5.56 Å². The van der Waals surface area contributed by atoms with E-state index in [1.165, 1.54) is 0 Å². The zero-order valence-corrected chi connectivity index (χ0v) is 18.0. The molecule has 12 heteroatoms. The molecule has 0 aliphatic rings. The number of benzene rings is 1. The Morgan fingerprint density at radius 2 is 1.77 bits per heavy atom. The van der Waals surface area contributed by atoms with Crippen LogP contribution in [0.1, 0.15) is 18.4 Å². The molecule has 0 aromatic heterocycles. The fourth-order valence-corrected chi connectivity index (χ4v) is 2.99. The summed E-state index contributed by atoms with van der Waals surface area (Å²) in [5, 5.41) is 13.4. The standard InChI is InChI=1S/C19H25N3O8S/c1-31(2)12-14(23)8-9-15(17(25)26)21-18(27)20-10-16(24)30-22-19(28)29-11-13-6-4-3-5-7-13/h3-7,15H,8-12H2,1-2H3,(H3-,20,21,22,25,26,27,28)/p+1/t15-/m0/s1. The van der Waals surface area contributed by atoms with Crippen molar-refractivity contribution in [2.75, 3.05) is 24.8 Å². The number of Topliss-reactive ketones (excluding diaryl/α,β-unsaturated/α-hetero) is 1. The molecule has 0 aliphatic carbocycles. The van der Waals surface area contributed by atoms with Crippen LogP contribution < -0.4 is 16.1 Å². The van der Waals surface area contributed by atoms with Gasteiger partial charge in [-0.25, -0.2) is 19.2 Å². The van der Waals surface area contributed by atoms with Gasteiger partial charge in [0.25, 0.3) is 0 Å². The number of aliphatic carboxylic acids is 1. The highest BCUT2D eigenvalue weighted by atomic mass is 32.2. The molecule has 11 nitrogen and oxygen atoms in total. The van der Waals surface area contributed by atoms with Crippen LogP contribution in [-0.4, -0.2) is 65.8 Å². The number of hydrogen-bond acceptors (Lipinski definition) is 7. The third-order valence-electron chi connectivity index (χ3n) is 3.62. The van der Waals surface area contributed by atoms with Crippen LogP contribution in [0.2, 0.25) is 0 Å². The van der Waals surface area contributed by atoms with E-state index in [1.807, 2.05) is 12.5 Å². The first-order chi connectivity index (χ1) is 14.7. The van der Waals surface area contributed by atoms with Gasteiger partial charge in [0.2, 0.25) is 0 Å². The summed E-state index contributed by atoms with van der Waals surface area (Å²) in [4.78, 5) is 62.2. The number of hydrogen-bond donors (Lipinski definition) is 4. The average molecular weight is 456 g/mol. The summed E-state index contributed by atoms with van der Waals surface area (Å²) in [6.45, 7) is -0.661. The van der Waals surface area contributed by atoms with Crippen molar-refractivity contribution in [1.29, 1.82) is 0 Å². The van der Waals surface area contributed by atoms with Gasteiger partial charge < -0.3 is 25.3 Å². The third kappa shape index (κ3) is 12.1. The highest BCUT2D eigenvalue weighted by Crippen LogP contribution is 2.02. The van der Waals surface area contributed by atoms with Crippen LogP contribution in [0.4, 0.5) is 9.59 Å². The van der Waals surface area contributed by atoms with Crippen molar-refractivity contribution in [2.24, 2.45) is 0 Å². The van der Waals surface area contributed by atoms with Gasteiger partial charge >= 0.3 is 24.1 Å². The second-order valence-corrected chi connectivity index (χ2v) is 8.82. The minimum Gasteiger partial charge on any atom is -0.480 e. The molecule has 1 rings (SSSR count). The number of urea groups is 1. The fraction of sp³-hybridized carbons (Fsp3) is 0.421. The number of carboxylic acids is 1. The quantitative estimate of drug-likeness (QED) is 0.274. The maximum Gasteiger partial charge on any atom is 0.441 e. The summed E-state index contributed by atoms with van der Waals surface area (Å²) >= 11 is 0. The average Bonchev–Trinajstić information content (AvgIpc) is 2.72. The number of carbonyl (C=O) groups is 5. The Bertz CT molecular complexity index is 773. The largest absolute Gasteiger partial charge is 0.480 e. The summed E-state index contributed by atoms with van der Waals surface area (Å²) in [6, 6.07) is 6.60. The van der Waals surface area contributed by atoms with Gasteiger partial charge in [-0.2, -0.15) is 0 Å². The van der Waals surface area contributed by atoms with Crippen LogP contribution in [0.5, 0.6) is 0 Å². The summed E-state index contributed by atoms with van der Waals surface area (Å²) in [5.74, 6) is -2.05. The predicted molar refractivity (Wildman–Crippen MR) is 112 cm³/mol. The molecule has 170 valence electrons. The first-order valence-corrected chi connectivity index (χ1v) is 11.4. The van der Waals surface area contributed by atoms with E-state index < -0.39 is 36.6 Å². The topological polar surface area (TPSA) is 160 Å². The molecule has 0 fully saturated rings. The monoisotopic (exact) mass is 456 g/mol. The zero-order valence-electron chi connectivity index (χ0n) is 17.2. The highest BCUT2D eigenvalue weighted by Gasteiger charge is 2.22. The van der Waals surface area contributed by atoms with Crippen LogP contribution in [-0.2, 0) is 41.5 Å². The lowest BCUT2D eigenvalue weighted by atomic mass is 10.1. The summed E-state index contributed by atoms with van der Waals surface area (Å²) in [7, 11) is -0.0940. The lowest BCUT2D eigenvalue weighted by molar-refractivity contribution is -0.148. The van der Waals surface area contributed by atoms with E-state index in [9.17, 15) is 24.0 Å². The van der Waals surface area contributed by atoms with E-state index in [-0.39, 0.29) is 36.1 Å². The molecule has 0 bridgehead atoms. The molecule has 0 saturated heterocycles. The van der Waals surface area contributed by atoms with Gasteiger partial charge in [-0.3, -0.25) is 4.79 Å². The molecule has 0 saturated carbocycles. The van der Waals surface area contributed by atoms with E-state index >= 15 is 0 Å². The minimum atomic E-state index is -1.31. The molecule has 0 radical (unpaired) electrons. The number of nitrogens with one attached hydrogen (secondary N) is 3. The maximum absolute atomic E-state index is 11.8. The predicted octanol–water partition coefficient (Wildman–Crippen LogP) is 0.351. The summed E-state index contributed by atoms with van der Waals surface area (Å²) in [5.41, 5.74) is 2.51. The molecule has 1 aromatic rings. The minimum absolute atomic E-state index is 0.0134. The van der Waals surface area contributed by atoms with Gasteiger partial charge in [0.15, 0.2) is 11.5 Å². The van der Waals surface area contributed by atoms with Crippen molar-refractivity contribution in [3.05, 3.63) is 35.9 Å². The van der Waals surface area contributed by atoms with Gasteiger partial charge in [-0.05, 0) is 22.9 Å². The Hall–Kier alpha value is -3.28. The van der Waals surface area contributed by atoms with Crippen molar-refractivity contribution < 1.29 is 38.7 Å². The molecule has 0 spiro atoms. The first kappa shape index (κ1) is 25.8. The number of amides is 3. The van der Waals surface area contributed by atoms with Gasteiger partial charge in [0, 0.05) is 6.42 Å². The van der Waals surface area contributed by atoms with Crippen molar-refractivity contribution >= 4 is 40.7 Å². The Morgan fingerprint density at radius 3 is 2.39 bits per heavy atom. The van der Waals surface area contributed by atoms with E-state index in [1.54, 1.807) is 35.8 Å². The Kier molecular flexibility index (Phi) is 11.5. The van der Waals surface area contributed by atoms with Gasteiger partial charge in [-0.1, -0.05) is 30.3 Å². The van der Waals surface area contributed by atoms with Gasteiger partial charge in [0.1, 0.15) is 19.2 Å². The van der Waals surface area contributed by atoms with Crippen molar-refractivity contribution in [1.82, 2.24) is 16.1 Å². The normalized spacial score (nSPS) is 11.2. The SMILES string of the molecule is C[S+](C)CC(=O)CC[C@H](NC(=O)NCC(=O)ONC(=O)OCc1ccccc1)C(=O)O. The molecule has 1 aromatic carbocycles. The fourth-order valence-electron chi connectivity index (χ4n) is 2.21. The molecule has 4 N–H and O–H groups in total. The number of carboxylic acid groups (broad SMARTS) is 1. The summed E-state index contributed by atoms with van der Waals surface area (Å²) < 4.78 is 4.83. The number of ketones is 1. The maximum atomic E-state index is 11.8. The Morgan fingerprint density at radius 1 is 1.10 bits per heavy atom. The molecule has 1 atom stereocenters.